The summed E-state index contributed by atoms with van der Waals surface area (Å²) in [5.74, 6) is 0.815. The van der Waals surface area contributed by atoms with E-state index in [1.165, 1.54) is 0 Å². The Morgan fingerprint density at radius 3 is 2.47 bits per heavy atom. The Morgan fingerprint density at radius 2 is 1.77 bits per heavy atom. The maximum Gasteiger partial charge on any atom is 0.246 e. The lowest BCUT2D eigenvalue weighted by molar-refractivity contribution is -0.126. The molecule has 1 fully saturated rings. The molecular weight excluding hydrogens is 398 g/mol. The van der Waals surface area contributed by atoms with E-state index in [0.29, 0.717) is 18.1 Å². The first-order chi connectivity index (χ1) is 14.5. The van der Waals surface area contributed by atoms with Crippen molar-refractivity contribution in [1.82, 2.24) is 19.7 Å². The zero-order valence-corrected chi connectivity index (χ0v) is 17.9. The SMILES string of the molecule is Cc1nn(-c2ccccn2)c(C)c1N1CCN(C(=O)/C=C/c2ccccc2Cl)CC1. The molecule has 7 heteroatoms. The molecule has 30 heavy (non-hydrogen) atoms. The van der Waals surface area contributed by atoms with Gasteiger partial charge in [-0.2, -0.15) is 5.10 Å². The number of carbonyl (C=O) groups is 1. The predicted octanol–water partition coefficient (Wildman–Crippen LogP) is 3.90. The van der Waals surface area contributed by atoms with E-state index in [1.54, 1.807) is 18.3 Å². The molecule has 0 N–H and O–H groups in total. The number of piperazine rings is 1. The molecule has 0 aliphatic carbocycles. The topological polar surface area (TPSA) is 54.3 Å². The molecule has 0 atom stereocenters. The van der Waals surface area contributed by atoms with Crippen molar-refractivity contribution in [3.05, 3.63) is 76.7 Å². The van der Waals surface area contributed by atoms with Gasteiger partial charge in [-0.15, -0.1) is 0 Å². The van der Waals surface area contributed by atoms with E-state index in [4.69, 9.17) is 11.6 Å². The van der Waals surface area contributed by atoms with E-state index in [0.717, 1.165) is 41.5 Å². The van der Waals surface area contributed by atoms with Gasteiger partial charge < -0.3 is 9.80 Å². The average molecular weight is 422 g/mol. The van der Waals surface area contributed by atoms with Crippen LogP contribution in [-0.4, -0.2) is 51.8 Å². The highest BCUT2D eigenvalue weighted by molar-refractivity contribution is 6.32. The summed E-state index contributed by atoms with van der Waals surface area (Å²) in [7, 11) is 0. The van der Waals surface area contributed by atoms with Gasteiger partial charge in [0.15, 0.2) is 5.82 Å². The van der Waals surface area contributed by atoms with Crippen LogP contribution in [0.25, 0.3) is 11.9 Å². The second-order valence-corrected chi connectivity index (χ2v) is 7.69. The summed E-state index contributed by atoms with van der Waals surface area (Å²) in [5, 5.41) is 5.33. The number of anilines is 1. The Hall–Kier alpha value is -3.12. The predicted molar refractivity (Wildman–Crippen MR) is 120 cm³/mol. The van der Waals surface area contributed by atoms with Gasteiger partial charge in [-0.1, -0.05) is 35.9 Å². The summed E-state index contributed by atoms with van der Waals surface area (Å²) in [5.41, 5.74) is 4.00. The molecule has 0 spiro atoms. The maximum atomic E-state index is 12.6. The van der Waals surface area contributed by atoms with Gasteiger partial charge in [0.2, 0.25) is 5.91 Å². The van der Waals surface area contributed by atoms with Crippen molar-refractivity contribution in [1.29, 1.82) is 0 Å². The first-order valence-electron chi connectivity index (χ1n) is 9.98. The zero-order valence-electron chi connectivity index (χ0n) is 17.1. The molecule has 0 unspecified atom stereocenters. The van der Waals surface area contributed by atoms with Crippen LogP contribution in [-0.2, 0) is 4.79 Å². The molecule has 0 radical (unpaired) electrons. The molecule has 1 aliphatic rings. The highest BCUT2D eigenvalue weighted by atomic mass is 35.5. The largest absolute Gasteiger partial charge is 0.365 e. The van der Waals surface area contributed by atoms with E-state index in [9.17, 15) is 4.79 Å². The van der Waals surface area contributed by atoms with Crippen LogP contribution in [0.4, 0.5) is 5.69 Å². The van der Waals surface area contributed by atoms with Crippen LogP contribution in [0, 0.1) is 13.8 Å². The number of benzene rings is 1. The Labute approximate surface area is 181 Å². The van der Waals surface area contributed by atoms with Gasteiger partial charge in [0.1, 0.15) is 0 Å². The third-order valence-electron chi connectivity index (χ3n) is 5.34. The van der Waals surface area contributed by atoms with Gasteiger partial charge in [-0.3, -0.25) is 4.79 Å². The molecule has 1 aliphatic heterocycles. The summed E-state index contributed by atoms with van der Waals surface area (Å²) in [6.45, 7) is 6.95. The third kappa shape index (κ3) is 4.09. The van der Waals surface area contributed by atoms with Crippen molar-refractivity contribution >= 4 is 29.3 Å². The van der Waals surface area contributed by atoms with Crippen molar-refractivity contribution in [3.8, 4) is 5.82 Å². The Bertz CT molecular complexity index is 1070. The number of hydrogen-bond acceptors (Lipinski definition) is 4. The van der Waals surface area contributed by atoms with Gasteiger partial charge in [-0.05, 0) is 43.7 Å². The van der Waals surface area contributed by atoms with Crippen LogP contribution in [0.1, 0.15) is 17.0 Å². The van der Waals surface area contributed by atoms with Crippen molar-refractivity contribution < 1.29 is 4.79 Å². The van der Waals surface area contributed by atoms with Crippen LogP contribution in [0.3, 0.4) is 0 Å². The van der Waals surface area contributed by atoms with E-state index in [1.807, 2.05) is 59.0 Å². The lowest BCUT2D eigenvalue weighted by Crippen LogP contribution is -2.48. The van der Waals surface area contributed by atoms with Gasteiger partial charge in [-0.25, -0.2) is 9.67 Å². The Morgan fingerprint density at radius 1 is 1.03 bits per heavy atom. The molecule has 6 nitrogen and oxygen atoms in total. The zero-order chi connectivity index (χ0) is 21.1. The molecule has 1 saturated heterocycles. The standard InChI is InChI=1S/C23H24ClN5O/c1-17-23(18(2)29(26-17)21-9-5-6-12-25-21)28-15-13-27(14-16-28)22(30)11-10-19-7-3-4-8-20(19)24/h3-12H,13-16H2,1-2H3/b11-10+. The number of hydrogen-bond donors (Lipinski definition) is 0. The molecule has 3 aromatic rings. The van der Waals surface area contributed by atoms with Gasteiger partial charge in [0, 0.05) is 43.5 Å². The molecule has 0 bridgehead atoms. The van der Waals surface area contributed by atoms with Crippen molar-refractivity contribution in [2.24, 2.45) is 0 Å². The van der Waals surface area contributed by atoms with Crippen LogP contribution < -0.4 is 4.90 Å². The first kappa shape index (κ1) is 20.2. The number of nitrogens with zero attached hydrogens (tertiary/aromatic N) is 5. The molecule has 1 amide bonds. The number of rotatable bonds is 4. The second kappa shape index (κ2) is 8.71. The third-order valence-corrected chi connectivity index (χ3v) is 5.68. The van der Waals surface area contributed by atoms with E-state index >= 15 is 0 Å². The summed E-state index contributed by atoms with van der Waals surface area (Å²) >= 11 is 6.16. The van der Waals surface area contributed by atoms with Gasteiger partial charge >= 0.3 is 0 Å². The maximum absolute atomic E-state index is 12.6. The van der Waals surface area contributed by atoms with E-state index in [2.05, 4.69) is 21.9 Å². The molecule has 0 saturated carbocycles. The minimum Gasteiger partial charge on any atom is -0.365 e. The summed E-state index contributed by atoms with van der Waals surface area (Å²) in [4.78, 5) is 21.2. The Balaban J connectivity index is 1.43. The minimum atomic E-state index is 0.00666. The van der Waals surface area contributed by atoms with E-state index < -0.39 is 0 Å². The molecule has 4 rings (SSSR count). The lowest BCUT2D eigenvalue weighted by Gasteiger charge is -2.35. The van der Waals surface area contributed by atoms with E-state index in [-0.39, 0.29) is 5.91 Å². The second-order valence-electron chi connectivity index (χ2n) is 7.29. The monoisotopic (exact) mass is 421 g/mol. The smallest absolute Gasteiger partial charge is 0.246 e. The highest BCUT2D eigenvalue weighted by Gasteiger charge is 2.25. The normalized spacial score (nSPS) is 14.5. The quantitative estimate of drug-likeness (QED) is 0.599. The van der Waals surface area contributed by atoms with Crippen molar-refractivity contribution in [2.75, 3.05) is 31.1 Å². The van der Waals surface area contributed by atoms with Crippen molar-refractivity contribution in [3.63, 3.8) is 0 Å². The molecule has 1 aromatic carbocycles. The van der Waals surface area contributed by atoms with Gasteiger partial charge in [0.05, 0.1) is 17.1 Å². The number of aromatic nitrogens is 3. The fourth-order valence-corrected chi connectivity index (χ4v) is 4.02. The molecule has 154 valence electrons. The molecule has 3 heterocycles. The van der Waals surface area contributed by atoms with Crippen LogP contribution in [0.15, 0.2) is 54.7 Å². The Kier molecular flexibility index (Phi) is 5.86. The number of carbonyl (C=O) groups excluding carboxylic acids is 1. The highest BCUT2D eigenvalue weighted by Crippen LogP contribution is 2.27. The van der Waals surface area contributed by atoms with Crippen molar-refractivity contribution in [2.45, 2.75) is 13.8 Å². The number of pyridine rings is 1. The molecular formula is C23H24ClN5O. The lowest BCUT2D eigenvalue weighted by atomic mass is 10.2. The summed E-state index contributed by atoms with van der Waals surface area (Å²) in [6, 6.07) is 13.3. The van der Waals surface area contributed by atoms with Gasteiger partial charge in [0.25, 0.3) is 0 Å². The average Bonchev–Trinajstić information content (AvgIpc) is 3.07. The summed E-state index contributed by atoms with van der Waals surface area (Å²) < 4.78 is 1.88. The van der Waals surface area contributed by atoms with Crippen LogP contribution in [0.2, 0.25) is 5.02 Å². The fourth-order valence-electron chi connectivity index (χ4n) is 3.82. The fraction of sp³-hybridized carbons (Fsp3) is 0.261. The van der Waals surface area contributed by atoms with Crippen LogP contribution in [0.5, 0.6) is 0 Å². The summed E-state index contributed by atoms with van der Waals surface area (Å²) in [6.07, 6.45) is 5.15. The number of aryl methyl sites for hydroxylation is 1. The molecule has 2 aromatic heterocycles. The van der Waals surface area contributed by atoms with Crippen LogP contribution >= 0.6 is 11.6 Å². The number of amides is 1. The number of halogens is 1. The minimum absolute atomic E-state index is 0.00666. The first-order valence-corrected chi connectivity index (χ1v) is 10.4.